The molecule has 0 spiro atoms. The maximum absolute atomic E-state index is 12.3. The van der Waals surface area contributed by atoms with Gasteiger partial charge in [0.15, 0.2) is 0 Å². The average Bonchev–Trinajstić information content (AvgIpc) is 2.63. The summed E-state index contributed by atoms with van der Waals surface area (Å²) in [6.45, 7) is 6.69. The Bertz CT molecular complexity index is 435. The molecule has 1 heterocycles. The van der Waals surface area contributed by atoms with Gasteiger partial charge in [0.05, 0.1) is 0 Å². The van der Waals surface area contributed by atoms with Crippen LogP contribution < -0.4 is 0 Å². The third-order valence-electron chi connectivity index (χ3n) is 4.14. The Morgan fingerprint density at radius 1 is 1.44 bits per heavy atom. The number of Topliss-reactive ketones (excluding diaryl/α,β-unsaturated/α-hetero) is 1. The zero-order valence-corrected chi connectivity index (χ0v) is 13.7. The highest BCUT2D eigenvalue weighted by Gasteiger charge is 2.38. The summed E-state index contributed by atoms with van der Waals surface area (Å²) in [5, 5.41) is 2.11. The third kappa shape index (κ3) is 3.05. The molecule has 0 N–H and O–H groups in total. The van der Waals surface area contributed by atoms with Gasteiger partial charge in [-0.2, -0.15) is 0 Å². The lowest BCUT2D eigenvalue weighted by Gasteiger charge is -2.37. The molecule has 2 rings (SSSR count). The van der Waals surface area contributed by atoms with Crippen molar-refractivity contribution in [3.05, 3.63) is 20.8 Å². The van der Waals surface area contributed by atoms with E-state index in [2.05, 4.69) is 48.1 Å². The fourth-order valence-electron chi connectivity index (χ4n) is 3.01. The summed E-state index contributed by atoms with van der Waals surface area (Å²) in [6.07, 6.45) is 4.04. The molecule has 1 aromatic heterocycles. The lowest BCUT2D eigenvalue weighted by molar-refractivity contribution is -0.129. The lowest BCUT2D eigenvalue weighted by Crippen LogP contribution is -2.36. The molecule has 2 atom stereocenters. The molecular weight excluding hydrogens is 308 g/mol. The lowest BCUT2D eigenvalue weighted by atomic mass is 9.67. The first-order valence-electron chi connectivity index (χ1n) is 6.65. The Labute approximate surface area is 122 Å². The number of ketones is 1. The van der Waals surface area contributed by atoms with Crippen LogP contribution in [-0.4, -0.2) is 5.78 Å². The minimum atomic E-state index is 0.0740. The van der Waals surface area contributed by atoms with E-state index in [9.17, 15) is 4.79 Å². The van der Waals surface area contributed by atoms with Crippen molar-refractivity contribution in [3.8, 4) is 0 Å². The van der Waals surface area contributed by atoms with Crippen LogP contribution in [0.5, 0.6) is 0 Å². The number of rotatable bonds is 3. The maximum Gasteiger partial charge on any atom is 0.136 e. The normalized spacial score (nSPS) is 25.4. The van der Waals surface area contributed by atoms with E-state index >= 15 is 0 Å². The van der Waals surface area contributed by atoms with Gasteiger partial charge in [-0.3, -0.25) is 4.79 Å². The minimum absolute atomic E-state index is 0.0740. The van der Waals surface area contributed by atoms with Crippen molar-refractivity contribution in [1.82, 2.24) is 0 Å². The molecule has 1 aromatic rings. The number of thiophene rings is 1. The summed E-state index contributed by atoms with van der Waals surface area (Å²) >= 11 is 5.38. The van der Waals surface area contributed by atoms with Crippen molar-refractivity contribution in [1.29, 1.82) is 0 Å². The highest BCUT2D eigenvalue weighted by atomic mass is 79.9. The zero-order valence-electron chi connectivity index (χ0n) is 11.3. The standard InChI is InChI=1S/C15H21BrOS/c1-10-4-5-11(13(17)8-10)15(2,3)9-14-12(16)6-7-18-14/h6-7,10-11H,4-5,8-9H2,1-3H3. The molecule has 0 aliphatic heterocycles. The van der Waals surface area contributed by atoms with Crippen LogP contribution in [0.25, 0.3) is 0 Å². The third-order valence-corrected chi connectivity index (χ3v) is 6.06. The molecule has 1 fully saturated rings. The second-order valence-corrected chi connectivity index (χ2v) is 8.12. The zero-order chi connectivity index (χ0) is 13.3. The van der Waals surface area contributed by atoms with Crippen molar-refractivity contribution in [2.75, 3.05) is 0 Å². The van der Waals surface area contributed by atoms with Crippen molar-refractivity contribution in [3.63, 3.8) is 0 Å². The summed E-state index contributed by atoms with van der Waals surface area (Å²) < 4.78 is 1.19. The fourth-order valence-corrected chi connectivity index (χ4v) is 4.75. The highest BCUT2D eigenvalue weighted by Crippen LogP contribution is 2.42. The summed E-state index contributed by atoms with van der Waals surface area (Å²) in [4.78, 5) is 13.6. The number of hydrogen-bond acceptors (Lipinski definition) is 2. The second-order valence-electron chi connectivity index (χ2n) is 6.26. The average molecular weight is 329 g/mol. The Kier molecular flexibility index (Phi) is 4.32. The number of hydrogen-bond donors (Lipinski definition) is 0. The minimum Gasteiger partial charge on any atom is -0.299 e. The molecule has 0 aromatic carbocycles. The summed E-state index contributed by atoms with van der Waals surface area (Å²) in [5.41, 5.74) is 0.0740. The first-order valence-corrected chi connectivity index (χ1v) is 8.32. The van der Waals surface area contributed by atoms with Gasteiger partial charge >= 0.3 is 0 Å². The van der Waals surface area contributed by atoms with Gasteiger partial charge in [-0.15, -0.1) is 11.3 Å². The number of carbonyl (C=O) groups is 1. The quantitative estimate of drug-likeness (QED) is 0.755. The van der Waals surface area contributed by atoms with Crippen molar-refractivity contribution in [2.45, 2.75) is 46.5 Å². The van der Waals surface area contributed by atoms with Gasteiger partial charge in [0, 0.05) is 21.7 Å². The Morgan fingerprint density at radius 3 is 2.72 bits per heavy atom. The van der Waals surface area contributed by atoms with E-state index in [0.29, 0.717) is 11.7 Å². The molecular formula is C15H21BrOS. The van der Waals surface area contributed by atoms with Gasteiger partial charge in [-0.25, -0.2) is 0 Å². The largest absolute Gasteiger partial charge is 0.299 e. The molecule has 0 bridgehead atoms. The fraction of sp³-hybridized carbons (Fsp3) is 0.667. The van der Waals surface area contributed by atoms with E-state index in [4.69, 9.17) is 0 Å². The molecule has 1 saturated carbocycles. The molecule has 2 unspecified atom stereocenters. The predicted molar refractivity (Wildman–Crippen MR) is 81.0 cm³/mol. The van der Waals surface area contributed by atoms with E-state index in [1.54, 1.807) is 11.3 Å². The van der Waals surface area contributed by atoms with Gasteiger partial charge in [0.2, 0.25) is 0 Å². The topological polar surface area (TPSA) is 17.1 Å². The Hall–Kier alpha value is -0.150. The predicted octanol–water partition coefficient (Wildman–Crippen LogP) is 5.08. The first kappa shape index (κ1) is 14.3. The summed E-state index contributed by atoms with van der Waals surface area (Å²) in [7, 11) is 0. The van der Waals surface area contributed by atoms with E-state index in [1.165, 1.54) is 15.8 Å². The SMILES string of the molecule is CC1CCC(C(C)(C)Cc2sccc2Br)C(=O)C1. The van der Waals surface area contributed by atoms with Crippen LogP contribution in [0.15, 0.2) is 15.9 Å². The van der Waals surface area contributed by atoms with Gasteiger partial charge in [-0.05, 0) is 58.0 Å². The van der Waals surface area contributed by atoms with E-state index in [0.717, 1.165) is 19.3 Å². The molecule has 0 saturated heterocycles. The monoisotopic (exact) mass is 328 g/mol. The van der Waals surface area contributed by atoms with E-state index in [-0.39, 0.29) is 11.3 Å². The molecule has 0 radical (unpaired) electrons. The van der Waals surface area contributed by atoms with E-state index < -0.39 is 0 Å². The number of halogens is 1. The number of carbonyl (C=O) groups excluding carboxylic acids is 1. The molecule has 3 heteroatoms. The van der Waals surface area contributed by atoms with Crippen LogP contribution in [0.2, 0.25) is 0 Å². The Morgan fingerprint density at radius 2 is 2.17 bits per heavy atom. The summed E-state index contributed by atoms with van der Waals surface area (Å²) in [6, 6.07) is 2.10. The van der Waals surface area contributed by atoms with Crippen LogP contribution in [-0.2, 0) is 11.2 Å². The molecule has 1 nitrogen and oxygen atoms in total. The van der Waals surface area contributed by atoms with Gasteiger partial charge in [0.1, 0.15) is 5.78 Å². The van der Waals surface area contributed by atoms with Crippen LogP contribution in [0, 0.1) is 17.3 Å². The van der Waals surface area contributed by atoms with Crippen molar-refractivity contribution < 1.29 is 4.79 Å². The molecule has 1 aliphatic rings. The van der Waals surface area contributed by atoms with Crippen molar-refractivity contribution in [2.24, 2.45) is 17.3 Å². The van der Waals surface area contributed by atoms with Crippen LogP contribution in [0.3, 0.4) is 0 Å². The van der Waals surface area contributed by atoms with Gasteiger partial charge in [-0.1, -0.05) is 20.8 Å². The Balaban J connectivity index is 2.11. The summed E-state index contributed by atoms with van der Waals surface area (Å²) in [5.74, 6) is 1.30. The molecule has 1 aliphatic carbocycles. The first-order chi connectivity index (χ1) is 8.40. The van der Waals surface area contributed by atoms with Crippen LogP contribution in [0.1, 0.15) is 44.9 Å². The highest BCUT2D eigenvalue weighted by molar-refractivity contribution is 9.10. The second kappa shape index (κ2) is 5.46. The maximum atomic E-state index is 12.3. The van der Waals surface area contributed by atoms with Crippen LogP contribution >= 0.6 is 27.3 Å². The molecule has 0 amide bonds. The van der Waals surface area contributed by atoms with Crippen LogP contribution in [0.4, 0.5) is 0 Å². The van der Waals surface area contributed by atoms with Crippen molar-refractivity contribution >= 4 is 33.0 Å². The molecule has 100 valence electrons. The van der Waals surface area contributed by atoms with E-state index in [1.807, 2.05) is 0 Å². The molecule has 18 heavy (non-hydrogen) atoms. The van der Waals surface area contributed by atoms with Gasteiger partial charge in [0.25, 0.3) is 0 Å². The smallest absolute Gasteiger partial charge is 0.136 e. The van der Waals surface area contributed by atoms with Gasteiger partial charge < -0.3 is 0 Å².